The van der Waals surface area contributed by atoms with E-state index in [1.165, 1.54) is 9.25 Å². The Bertz CT molecular complexity index is 1160. The Balaban J connectivity index is 1.78. The lowest BCUT2D eigenvalue weighted by molar-refractivity contribution is -0.121. The van der Waals surface area contributed by atoms with Gasteiger partial charge >= 0.3 is 11.4 Å². The van der Waals surface area contributed by atoms with Gasteiger partial charge < -0.3 is 5.32 Å². The Morgan fingerprint density at radius 2 is 1.76 bits per heavy atom. The molecule has 1 aromatic carbocycles. The van der Waals surface area contributed by atoms with Crippen LogP contribution in [0.4, 0.5) is 0 Å². The molecule has 2 heterocycles. The molecule has 3 atom stereocenters. The van der Waals surface area contributed by atoms with Crippen LogP contribution in [-0.4, -0.2) is 29.7 Å². The molecular weight excluding hydrogens is 487 g/mol. The number of allylic oxidation sites excluding steroid dienone is 1. The van der Waals surface area contributed by atoms with E-state index in [1.54, 1.807) is 28.9 Å². The van der Waals surface area contributed by atoms with Gasteiger partial charge in [-0.3, -0.25) is 4.79 Å². The van der Waals surface area contributed by atoms with E-state index in [9.17, 15) is 14.4 Å². The van der Waals surface area contributed by atoms with Crippen molar-refractivity contribution in [1.82, 2.24) is 19.2 Å². The number of rotatable bonds is 7. The Hall–Kier alpha value is -1.96. The van der Waals surface area contributed by atoms with Gasteiger partial charge in [0.1, 0.15) is 0 Å². The van der Waals surface area contributed by atoms with Crippen LogP contribution in [0.1, 0.15) is 64.0 Å². The predicted molar refractivity (Wildman–Crippen MR) is 131 cm³/mol. The number of halogens is 3. The summed E-state index contributed by atoms with van der Waals surface area (Å²) < 4.78 is 2.15. The van der Waals surface area contributed by atoms with Crippen molar-refractivity contribution in [1.29, 1.82) is 0 Å². The molecule has 178 valence electrons. The minimum atomic E-state index is -2.11. The van der Waals surface area contributed by atoms with Crippen LogP contribution in [0.5, 0.6) is 0 Å². The topological polar surface area (TPSA) is 78.0 Å². The van der Waals surface area contributed by atoms with E-state index in [0.29, 0.717) is 18.5 Å². The first-order valence-corrected chi connectivity index (χ1v) is 12.5. The van der Waals surface area contributed by atoms with Crippen molar-refractivity contribution >= 4 is 40.7 Å². The third kappa shape index (κ3) is 4.68. The highest BCUT2D eigenvalue weighted by Crippen LogP contribution is 2.41. The van der Waals surface area contributed by atoms with Crippen molar-refractivity contribution in [3.8, 4) is 5.69 Å². The highest BCUT2D eigenvalue weighted by atomic mass is 35.6. The first kappa shape index (κ1) is 24.2. The van der Waals surface area contributed by atoms with Crippen molar-refractivity contribution in [3.05, 3.63) is 62.9 Å². The summed E-state index contributed by atoms with van der Waals surface area (Å²) in [5.74, 6) is -0.745. The molecule has 0 unspecified atom stereocenters. The van der Waals surface area contributed by atoms with Crippen molar-refractivity contribution in [2.45, 2.75) is 73.8 Å². The fourth-order valence-electron chi connectivity index (χ4n) is 4.92. The molecule has 10 heteroatoms. The molecule has 1 N–H and O–H groups in total. The molecule has 7 nitrogen and oxygen atoms in total. The average molecular weight is 514 g/mol. The summed E-state index contributed by atoms with van der Waals surface area (Å²) in [7, 11) is 0. The van der Waals surface area contributed by atoms with E-state index in [-0.39, 0.29) is 11.7 Å². The maximum Gasteiger partial charge on any atom is 0.352 e. The molecule has 33 heavy (non-hydrogen) atoms. The number of nitrogens with zero attached hydrogens (tertiary/aromatic N) is 3. The van der Waals surface area contributed by atoms with Crippen molar-refractivity contribution < 1.29 is 4.79 Å². The molecule has 0 spiro atoms. The van der Waals surface area contributed by atoms with E-state index >= 15 is 0 Å². The molecule has 4 rings (SSSR count). The van der Waals surface area contributed by atoms with E-state index in [1.807, 2.05) is 6.07 Å². The molecule has 2 aromatic rings. The number of benzene rings is 1. The molecule has 1 amide bonds. The zero-order valence-corrected chi connectivity index (χ0v) is 20.6. The van der Waals surface area contributed by atoms with Gasteiger partial charge in [0, 0.05) is 0 Å². The van der Waals surface area contributed by atoms with Crippen molar-refractivity contribution in [3.63, 3.8) is 0 Å². The van der Waals surface area contributed by atoms with Gasteiger partial charge in [-0.2, -0.15) is 0 Å². The van der Waals surface area contributed by atoms with Gasteiger partial charge in [0.05, 0.1) is 23.8 Å². The van der Waals surface area contributed by atoms with Crippen LogP contribution in [0.3, 0.4) is 0 Å². The standard InChI is InChI=1S/C23H27Cl3N4O3/c1-2-3-4-6-11-17-14-15-12-13-18(27-20(31)23(24,25)26)19(15)30-22(33)28(21(32)29(17)30)16-9-7-5-8-10-16/h5,7-10,14,17-19H,2-4,6,11-13H2,1H3,(H,27,31)/t17-,18+,19-/m0/s1. The Morgan fingerprint density at radius 3 is 2.42 bits per heavy atom. The van der Waals surface area contributed by atoms with Crippen LogP contribution in [0, 0.1) is 0 Å². The van der Waals surface area contributed by atoms with Gasteiger partial charge in [-0.1, -0.05) is 91.7 Å². The fraction of sp³-hybridized carbons (Fsp3) is 0.522. The molecule has 1 aliphatic heterocycles. The largest absolute Gasteiger partial charge is 0.352 e. The summed E-state index contributed by atoms with van der Waals surface area (Å²) in [5.41, 5.74) is 0.709. The second kappa shape index (κ2) is 9.72. The highest BCUT2D eigenvalue weighted by Gasteiger charge is 2.44. The van der Waals surface area contributed by atoms with E-state index in [2.05, 4.69) is 18.3 Å². The van der Waals surface area contributed by atoms with Crippen LogP contribution < -0.4 is 16.7 Å². The number of para-hydroxylation sites is 1. The Labute approximate surface area is 206 Å². The summed E-state index contributed by atoms with van der Waals surface area (Å²) in [6, 6.07) is 7.68. The maximum atomic E-state index is 13.6. The minimum absolute atomic E-state index is 0.221. The number of amides is 1. The van der Waals surface area contributed by atoms with Crippen LogP contribution in [-0.2, 0) is 4.79 Å². The van der Waals surface area contributed by atoms with Crippen LogP contribution in [0.2, 0.25) is 0 Å². The molecule has 0 bridgehead atoms. The monoisotopic (exact) mass is 512 g/mol. The lowest BCUT2D eigenvalue weighted by atomic mass is 9.99. The predicted octanol–water partition coefficient (Wildman–Crippen LogP) is 4.44. The molecule has 2 aliphatic rings. The normalized spacial score (nSPS) is 21.9. The average Bonchev–Trinajstić information content (AvgIpc) is 3.29. The minimum Gasteiger partial charge on any atom is -0.347 e. The number of carbonyl (C=O) groups is 1. The summed E-state index contributed by atoms with van der Waals surface area (Å²) in [5, 5.41) is 2.77. The summed E-state index contributed by atoms with van der Waals surface area (Å²) in [4.78, 5) is 39.5. The fourth-order valence-corrected chi connectivity index (χ4v) is 5.09. The van der Waals surface area contributed by atoms with Crippen molar-refractivity contribution in [2.75, 3.05) is 0 Å². The van der Waals surface area contributed by atoms with Gasteiger partial charge in [0.15, 0.2) is 0 Å². The second-order valence-corrected chi connectivity index (χ2v) is 10.9. The molecule has 1 saturated carbocycles. The lowest BCUT2D eigenvalue weighted by Gasteiger charge is -2.32. The number of carbonyl (C=O) groups excluding carboxylic acids is 1. The molecular formula is C23H27Cl3N4O3. The SMILES string of the molecule is CCCCCC[C@H]1C=C2CC[C@@H](NC(=O)C(Cl)(Cl)Cl)[C@H]2n2c(=O)n(-c3ccccc3)c(=O)n21. The molecule has 1 aromatic heterocycles. The second-order valence-electron chi connectivity index (χ2n) is 8.64. The Morgan fingerprint density at radius 1 is 1.06 bits per heavy atom. The maximum absolute atomic E-state index is 13.6. The van der Waals surface area contributed by atoms with Gasteiger partial charge in [-0.05, 0) is 37.0 Å². The highest BCUT2D eigenvalue weighted by molar-refractivity contribution is 6.76. The Kier molecular flexibility index (Phi) is 7.12. The van der Waals surface area contributed by atoms with Gasteiger partial charge in [0.2, 0.25) is 0 Å². The van der Waals surface area contributed by atoms with E-state index < -0.39 is 27.5 Å². The number of nitrogens with one attached hydrogen (secondary N) is 1. The number of unbranched alkanes of at least 4 members (excludes halogenated alkanes) is 3. The number of hydrogen-bond donors (Lipinski definition) is 1. The first-order chi connectivity index (χ1) is 15.7. The number of fused-ring (bicyclic) bond motifs is 3. The third-order valence-electron chi connectivity index (χ3n) is 6.44. The molecule has 1 aliphatic carbocycles. The quantitative estimate of drug-likeness (QED) is 0.338. The van der Waals surface area contributed by atoms with Crippen LogP contribution in [0.15, 0.2) is 51.6 Å². The number of alkyl halides is 3. The zero-order chi connectivity index (χ0) is 23.8. The first-order valence-electron chi connectivity index (χ1n) is 11.3. The molecule has 0 saturated heterocycles. The summed E-state index contributed by atoms with van der Waals surface area (Å²) in [6.45, 7) is 2.15. The van der Waals surface area contributed by atoms with E-state index in [0.717, 1.165) is 37.7 Å². The third-order valence-corrected chi connectivity index (χ3v) is 6.95. The lowest BCUT2D eigenvalue weighted by Crippen LogP contribution is -2.48. The molecule has 0 radical (unpaired) electrons. The van der Waals surface area contributed by atoms with Crippen molar-refractivity contribution in [2.24, 2.45) is 0 Å². The van der Waals surface area contributed by atoms with Gasteiger partial charge in [-0.15, -0.1) is 0 Å². The zero-order valence-electron chi connectivity index (χ0n) is 18.3. The number of hydrogen-bond acceptors (Lipinski definition) is 3. The number of aromatic nitrogens is 3. The van der Waals surface area contributed by atoms with Crippen LogP contribution >= 0.6 is 34.8 Å². The smallest absolute Gasteiger partial charge is 0.347 e. The van der Waals surface area contributed by atoms with Crippen LogP contribution in [0.25, 0.3) is 5.69 Å². The summed E-state index contributed by atoms with van der Waals surface area (Å²) in [6.07, 6.45) is 8.41. The van der Waals surface area contributed by atoms with E-state index in [4.69, 9.17) is 34.8 Å². The molecule has 1 fully saturated rings. The van der Waals surface area contributed by atoms with Gasteiger partial charge in [-0.25, -0.2) is 23.5 Å². The van der Waals surface area contributed by atoms with Gasteiger partial charge in [0.25, 0.3) is 9.70 Å². The summed E-state index contributed by atoms with van der Waals surface area (Å²) >= 11 is 17.3.